The molecule has 0 unspecified atom stereocenters. The highest BCUT2D eigenvalue weighted by molar-refractivity contribution is 5.03. The summed E-state index contributed by atoms with van der Waals surface area (Å²) >= 11 is 0. The molecule has 104 valence electrons. The van der Waals surface area contributed by atoms with Crippen molar-refractivity contribution in [2.24, 2.45) is 0 Å². The molecule has 2 nitrogen and oxygen atoms in total. The predicted molar refractivity (Wildman–Crippen MR) is 67.4 cm³/mol. The van der Waals surface area contributed by atoms with Crippen LogP contribution in [0.25, 0.3) is 0 Å². The number of aromatic nitrogens is 2. The summed E-state index contributed by atoms with van der Waals surface area (Å²) in [5, 5.41) is 0. The molecule has 0 aliphatic rings. The molecule has 2 aromatic rings. The van der Waals surface area contributed by atoms with Gasteiger partial charge < -0.3 is 48.0 Å². The maximum Gasteiger partial charge on any atom is 0.169 e. The number of halogens is 2. The highest BCUT2D eigenvalue weighted by atomic mass is 127. The van der Waals surface area contributed by atoms with E-state index in [9.17, 15) is 0 Å². The van der Waals surface area contributed by atoms with Crippen molar-refractivity contribution < 1.29 is 57.1 Å². The normalized spacial score (nSPS) is 9.37. The van der Waals surface area contributed by atoms with Crippen LogP contribution in [0.3, 0.4) is 0 Å². The second-order valence-electron chi connectivity index (χ2n) is 4.58. The number of nitrogens with zero attached hydrogens (tertiary/aromatic N) is 2. The van der Waals surface area contributed by atoms with E-state index >= 15 is 0 Å². The first-order valence-electron chi connectivity index (χ1n) is 6.15. The molecule has 0 bridgehead atoms. The summed E-state index contributed by atoms with van der Waals surface area (Å²) in [6.45, 7) is 6.38. The molecule has 0 aliphatic heterocycles. The van der Waals surface area contributed by atoms with Crippen LogP contribution < -0.4 is 57.1 Å². The maximum absolute atomic E-state index is 2.24. The number of aryl methyl sites for hydroxylation is 4. The van der Waals surface area contributed by atoms with Gasteiger partial charge in [0.15, 0.2) is 37.9 Å². The van der Waals surface area contributed by atoms with Crippen LogP contribution in [-0.4, -0.2) is 0 Å². The Balaban J connectivity index is 0.00000162. The Morgan fingerprint density at radius 2 is 1.00 bits per heavy atom. The number of hydrogen-bond donors (Lipinski definition) is 0. The van der Waals surface area contributed by atoms with Crippen LogP contribution in [0.2, 0.25) is 0 Å². The van der Waals surface area contributed by atoms with Crippen molar-refractivity contribution in [3.63, 3.8) is 0 Å². The molecule has 19 heavy (non-hydrogen) atoms. The first kappa shape index (κ1) is 18.8. The van der Waals surface area contributed by atoms with Gasteiger partial charge in [0.25, 0.3) is 0 Å². The van der Waals surface area contributed by atoms with E-state index in [1.165, 1.54) is 11.1 Å². The van der Waals surface area contributed by atoms with Crippen molar-refractivity contribution >= 4 is 0 Å². The molecule has 0 N–H and O–H groups in total. The third-order valence-electron chi connectivity index (χ3n) is 2.95. The third-order valence-corrected chi connectivity index (χ3v) is 2.95. The molecule has 0 saturated carbocycles. The molecule has 2 heterocycles. The Bertz CT molecular complexity index is 421. The topological polar surface area (TPSA) is 7.76 Å². The van der Waals surface area contributed by atoms with Gasteiger partial charge in [0, 0.05) is 24.3 Å². The molecule has 0 spiro atoms. The summed E-state index contributed by atoms with van der Waals surface area (Å²) in [5.41, 5.74) is 2.63. The quantitative estimate of drug-likeness (QED) is 0.310. The van der Waals surface area contributed by atoms with Crippen molar-refractivity contribution in [3.8, 4) is 0 Å². The summed E-state index contributed by atoms with van der Waals surface area (Å²) in [4.78, 5) is 0. The zero-order valence-electron chi connectivity index (χ0n) is 11.4. The fourth-order valence-corrected chi connectivity index (χ4v) is 1.80. The average molecular weight is 482 g/mol. The first-order chi connectivity index (χ1) is 8.24. The van der Waals surface area contributed by atoms with Gasteiger partial charge in [-0.15, -0.1) is 0 Å². The van der Waals surface area contributed by atoms with Gasteiger partial charge in [-0.25, -0.2) is 9.13 Å². The first-order valence-corrected chi connectivity index (χ1v) is 6.15. The standard InChI is InChI=1S/C15H20N2.2HI/c1-14-4-10-16(11-5-14)8-3-9-17-12-6-15(2)7-13-17;;/h4-7,10-13H,3,8-9H2,1-2H3;2*1H/q+2;;/p-2. The van der Waals surface area contributed by atoms with Gasteiger partial charge in [0.2, 0.25) is 0 Å². The molecular weight excluding hydrogens is 462 g/mol. The summed E-state index contributed by atoms with van der Waals surface area (Å²) in [7, 11) is 0. The molecule has 0 radical (unpaired) electrons. The van der Waals surface area contributed by atoms with Crippen LogP contribution in [-0.2, 0) is 13.1 Å². The van der Waals surface area contributed by atoms with Gasteiger partial charge in [0.05, 0.1) is 6.42 Å². The van der Waals surface area contributed by atoms with Crippen molar-refractivity contribution in [2.75, 3.05) is 0 Å². The Morgan fingerprint density at radius 3 is 1.32 bits per heavy atom. The summed E-state index contributed by atoms with van der Waals surface area (Å²) in [5.74, 6) is 0. The van der Waals surface area contributed by atoms with Crippen LogP contribution in [0, 0.1) is 13.8 Å². The van der Waals surface area contributed by atoms with Gasteiger partial charge >= 0.3 is 0 Å². The Labute approximate surface area is 149 Å². The van der Waals surface area contributed by atoms with Crippen molar-refractivity contribution in [1.29, 1.82) is 0 Å². The van der Waals surface area contributed by atoms with Crippen LogP contribution in [0.15, 0.2) is 49.1 Å². The minimum absolute atomic E-state index is 0. The van der Waals surface area contributed by atoms with E-state index < -0.39 is 0 Å². The van der Waals surface area contributed by atoms with E-state index in [0.717, 1.165) is 19.5 Å². The monoisotopic (exact) mass is 482 g/mol. The molecule has 0 aromatic carbocycles. The lowest BCUT2D eigenvalue weighted by atomic mass is 10.3. The smallest absolute Gasteiger partial charge is 0.169 e. The summed E-state index contributed by atoms with van der Waals surface area (Å²) < 4.78 is 4.48. The number of pyridine rings is 2. The molecule has 0 aliphatic carbocycles. The Morgan fingerprint density at radius 1 is 0.684 bits per heavy atom. The van der Waals surface area contributed by atoms with Gasteiger partial charge in [0.1, 0.15) is 0 Å². The molecule has 2 aromatic heterocycles. The SMILES string of the molecule is Cc1cc[n+](CCC[n+]2ccc(C)cc2)cc1.[I-].[I-]. The van der Waals surface area contributed by atoms with E-state index in [0.29, 0.717) is 0 Å². The van der Waals surface area contributed by atoms with Gasteiger partial charge in [-0.2, -0.15) is 0 Å². The van der Waals surface area contributed by atoms with Crippen LogP contribution >= 0.6 is 0 Å². The Hall–Kier alpha value is -0.240. The van der Waals surface area contributed by atoms with Crippen LogP contribution in [0.4, 0.5) is 0 Å². The zero-order valence-corrected chi connectivity index (χ0v) is 15.7. The minimum atomic E-state index is 0. The molecule has 0 fully saturated rings. The summed E-state index contributed by atoms with van der Waals surface area (Å²) in [6.07, 6.45) is 9.75. The van der Waals surface area contributed by atoms with E-state index in [1.807, 2.05) is 0 Å². The minimum Gasteiger partial charge on any atom is -1.00 e. The molecule has 2 rings (SSSR count). The number of rotatable bonds is 4. The van der Waals surface area contributed by atoms with Crippen molar-refractivity contribution in [1.82, 2.24) is 0 Å². The highest BCUT2D eigenvalue weighted by Crippen LogP contribution is 1.92. The molecule has 0 atom stereocenters. The van der Waals surface area contributed by atoms with Gasteiger partial charge in [-0.05, 0) is 25.0 Å². The number of hydrogen-bond acceptors (Lipinski definition) is 0. The molecule has 0 amide bonds. The van der Waals surface area contributed by atoms with E-state index in [4.69, 9.17) is 0 Å². The lowest BCUT2D eigenvalue weighted by Crippen LogP contribution is -3.00. The highest BCUT2D eigenvalue weighted by Gasteiger charge is 2.03. The van der Waals surface area contributed by atoms with Crippen LogP contribution in [0.1, 0.15) is 17.5 Å². The molecule has 4 heteroatoms. The molecule has 0 saturated heterocycles. The maximum atomic E-state index is 2.24. The second-order valence-corrected chi connectivity index (χ2v) is 4.58. The van der Waals surface area contributed by atoms with E-state index in [2.05, 4.69) is 72.0 Å². The van der Waals surface area contributed by atoms with Crippen molar-refractivity contribution in [2.45, 2.75) is 33.4 Å². The Kier molecular flexibility index (Phi) is 9.51. The van der Waals surface area contributed by atoms with E-state index in [1.54, 1.807) is 0 Å². The average Bonchev–Trinajstić information content (AvgIpc) is 2.34. The van der Waals surface area contributed by atoms with Crippen molar-refractivity contribution in [3.05, 3.63) is 60.2 Å². The van der Waals surface area contributed by atoms with Gasteiger partial charge in [-0.1, -0.05) is 0 Å². The second kappa shape index (κ2) is 9.63. The van der Waals surface area contributed by atoms with Gasteiger partial charge in [-0.3, -0.25) is 0 Å². The largest absolute Gasteiger partial charge is 1.00 e. The lowest BCUT2D eigenvalue weighted by molar-refractivity contribution is -0.727. The van der Waals surface area contributed by atoms with Crippen LogP contribution in [0.5, 0.6) is 0 Å². The molecular formula is C15H20I2N2. The zero-order chi connectivity index (χ0) is 12.1. The predicted octanol–water partition coefficient (Wildman–Crippen LogP) is -4.02. The van der Waals surface area contributed by atoms with E-state index in [-0.39, 0.29) is 48.0 Å². The summed E-state index contributed by atoms with van der Waals surface area (Å²) in [6, 6.07) is 8.61. The fraction of sp³-hybridized carbons (Fsp3) is 0.333. The fourth-order valence-electron chi connectivity index (χ4n) is 1.80. The third kappa shape index (κ3) is 6.65. The lowest BCUT2D eigenvalue weighted by Gasteiger charge is -1.97.